The number of rotatable bonds is 7. The molecule has 6 nitrogen and oxygen atoms in total. The summed E-state index contributed by atoms with van der Waals surface area (Å²) in [5.41, 5.74) is 2.30. The van der Waals surface area contributed by atoms with Crippen molar-refractivity contribution in [3.63, 3.8) is 0 Å². The highest BCUT2D eigenvalue weighted by Gasteiger charge is 2.15. The van der Waals surface area contributed by atoms with Crippen molar-refractivity contribution >= 4 is 23.1 Å². The first kappa shape index (κ1) is 17.5. The molecule has 2 N–H and O–H groups in total. The zero-order chi connectivity index (χ0) is 17.5. The Balaban J connectivity index is 1.58. The lowest BCUT2D eigenvalue weighted by Crippen LogP contribution is -2.32. The minimum absolute atomic E-state index is 0.567. The number of nitrogens with one attached hydrogen (secondary N) is 2. The van der Waals surface area contributed by atoms with Gasteiger partial charge in [-0.25, -0.2) is 0 Å². The third-order valence-electron chi connectivity index (χ3n) is 4.66. The van der Waals surface area contributed by atoms with E-state index >= 15 is 0 Å². The maximum absolute atomic E-state index is 4.45. The number of hydrogen-bond donors (Lipinski definition) is 2. The average Bonchev–Trinajstić information content (AvgIpc) is 2.64. The van der Waals surface area contributed by atoms with Gasteiger partial charge in [-0.3, -0.25) is 0 Å². The average molecular weight is 340 g/mol. The first-order valence-electron chi connectivity index (χ1n) is 9.30. The van der Waals surface area contributed by atoms with E-state index in [9.17, 15) is 0 Å². The second kappa shape index (κ2) is 8.65. The summed E-state index contributed by atoms with van der Waals surface area (Å²) in [7, 11) is 0. The van der Waals surface area contributed by atoms with E-state index < -0.39 is 0 Å². The summed E-state index contributed by atoms with van der Waals surface area (Å²) in [5, 5.41) is 14.5. The highest BCUT2D eigenvalue weighted by atomic mass is 15.3. The van der Waals surface area contributed by atoms with Crippen molar-refractivity contribution in [3.05, 3.63) is 30.5 Å². The molecule has 2 aromatic rings. The van der Waals surface area contributed by atoms with Crippen LogP contribution in [0.5, 0.6) is 0 Å². The van der Waals surface area contributed by atoms with Crippen molar-refractivity contribution < 1.29 is 0 Å². The number of anilines is 4. The summed E-state index contributed by atoms with van der Waals surface area (Å²) in [6.45, 7) is 7.66. The Morgan fingerprint density at radius 3 is 2.64 bits per heavy atom. The van der Waals surface area contributed by atoms with Gasteiger partial charge in [-0.15, -0.1) is 5.10 Å². The van der Waals surface area contributed by atoms with Crippen LogP contribution in [0.2, 0.25) is 0 Å². The van der Waals surface area contributed by atoms with Crippen LogP contribution in [0.15, 0.2) is 30.5 Å². The molecule has 1 aromatic heterocycles. The second-order valence-corrected chi connectivity index (χ2v) is 6.79. The molecule has 0 unspecified atom stereocenters. The zero-order valence-electron chi connectivity index (χ0n) is 15.2. The molecule has 0 spiro atoms. The molecule has 25 heavy (non-hydrogen) atoms. The molecule has 2 heterocycles. The molecule has 1 aliphatic heterocycles. The van der Waals surface area contributed by atoms with Gasteiger partial charge in [-0.2, -0.15) is 10.1 Å². The topological polar surface area (TPSA) is 66.0 Å². The number of hydrogen-bond acceptors (Lipinski definition) is 6. The first-order chi connectivity index (χ1) is 12.2. The van der Waals surface area contributed by atoms with Crippen molar-refractivity contribution in [1.82, 2.24) is 15.2 Å². The van der Waals surface area contributed by atoms with Crippen LogP contribution in [-0.4, -0.2) is 34.8 Å². The zero-order valence-corrected chi connectivity index (χ0v) is 15.2. The lowest BCUT2D eigenvalue weighted by atomic mass is 9.99. The minimum Gasteiger partial charge on any atom is -0.372 e. The van der Waals surface area contributed by atoms with Crippen LogP contribution in [0.1, 0.15) is 39.5 Å². The van der Waals surface area contributed by atoms with Crippen LogP contribution in [-0.2, 0) is 0 Å². The van der Waals surface area contributed by atoms with Gasteiger partial charge in [0, 0.05) is 31.0 Å². The Morgan fingerprint density at radius 2 is 1.92 bits per heavy atom. The first-order valence-corrected chi connectivity index (χ1v) is 9.30. The van der Waals surface area contributed by atoms with Gasteiger partial charge in [0.1, 0.15) is 0 Å². The SMILES string of the molecule is CCCCNc1nncc(Nc2ccc(N3CCC(C)CC3)cc2)n1. The van der Waals surface area contributed by atoms with E-state index in [-0.39, 0.29) is 0 Å². The maximum Gasteiger partial charge on any atom is 0.244 e. The minimum atomic E-state index is 0.567. The predicted octanol–water partition coefficient (Wildman–Crippen LogP) is 4.06. The highest BCUT2D eigenvalue weighted by Crippen LogP contribution is 2.25. The Morgan fingerprint density at radius 1 is 1.16 bits per heavy atom. The van der Waals surface area contributed by atoms with Crippen molar-refractivity contribution in [3.8, 4) is 0 Å². The smallest absolute Gasteiger partial charge is 0.244 e. The van der Waals surface area contributed by atoms with Crippen molar-refractivity contribution in [1.29, 1.82) is 0 Å². The molecule has 1 saturated heterocycles. The van der Waals surface area contributed by atoms with Crippen molar-refractivity contribution in [2.75, 3.05) is 35.2 Å². The lowest BCUT2D eigenvalue weighted by molar-refractivity contribution is 0.438. The highest BCUT2D eigenvalue weighted by molar-refractivity contribution is 5.60. The third kappa shape index (κ3) is 5.05. The second-order valence-electron chi connectivity index (χ2n) is 6.79. The maximum atomic E-state index is 4.45. The number of nitrogens with zero attached hydrogens (tertiary/aromatic N) is 4. The molecule has 0 saturated carbocycles. The number of aromatic nitrogens is 3. The number of unbranched alkanes of at least 4 members (excludes halogenated alkanes) is 1. The summed E-state index contributed by atoms with van der Waals surface area (Å²) in [5.74, 6) is 2.12. The van der Waals surface area contributed by atoms with E-state index in [0.29, 0.717) is 11.8 Å². The Bertz CT molecular complexity index is 649. The van der Waals surface area contributed by atoms with E-state index in [1.807, 2.05) is 0 Å². The van der Waals surface area contributed by atoms with Gasteiger partial charge in [0.2, 0.25) is 5.95 Å². The van der Waals surface area contributed by atoms with Gasteiger partial charge in [0.15, 0.2) is 5.82 Å². The third-order valence-corrected chi connectivity index (χ3v) is 4.66. The van der Waals surface area contributed by atoms with E-state index in [0.717, 1.165) is 44.1 Å². The van der Waals surface area contributed by atoms with Crippen LogP contribution in [0.4, 0.5) is 23.1 Å². The molecule has 0 atom stereocenters. The van der Waals surface area contributed by atoms with Gasteiger partial charge in [0.05, 0.1) is 6.20 Å². The molecule has 6 heteroatoms. The standard InChI is InChI=1S/C19H28N6/c1-3-4-11-20-19-23-18(14-21-24-19)22-16-5-7-17(8-6-16)25-12-9-15(2)10-13-25/h5-8,14-15H,3-4,9-13H2,1-2H3,(H2,20,22,23,24). The van der Waals surface area contributed by atoms with Crippen molar-refractivity contribution in [2.45, 2.75) is 39.5 Å². The van der Waals surface area contributed by atoms with Crippen LogP contribution < -0.4 is 15.5 Å². The largest absolute Gasteiger partial charge is 0.372 e. The lowest BCUT2D eigenvalue weighted by Gasteiger charge is -2.32. The quantitative estimate of drug-likeness (QED) is 0.741. The van der Waals surface area contributed by atoms with Gasteiger partial charge in [-0.05, 0) is 49.4 Å². The summed E-state index contributed by atoms with van der Waals surface area (Å²) in [4.78, 5) is 6.92. The normalized spacial score (nSPS) is 15.2. The van der Waals surface area contributed by atoms with E-state index in [4.69, 9.17) is 0 Å². The Hall–Kier alpha value is -2.37. The molecular formula is C19H28N6. The van der Waals surface area contributed by atoms with Gasteiger partial charge in [0.25, 0.3) is 0 Å². The van der Waals surface area contributed by atoms with Crippen LogP contribution in [0, 0.1) is 5.92 Å². The molecule has 0 radical (unpaired) electrons. The van der Waals surface area contributed by atoms with Crippen LogP contribution in [0.25, 0.3) is 0 Å². The fourth-order valence-electron chi connectivity index (χ4n) is 2.99. The number of piperidine rings is 1. The molecule has 0 aliphatic carbocycles. The van der Waals surface area contributed by atoms with Gasteiger partial charge < -0.3 is 15.5 Å². The van der Waals surface area contributed by atoms with Crippen LogP contribution in [0.3, 0.4) is 0 Å². The molecule has 1 fully saturated rings. The molecule has 0 amide bonds. The molecule has 1 aromatic carbocycles. The van der Waals surface area contributed by atoms with Gasteiger partial charge in [-0.1, -0.05) is 20.3 Å². The molecule has 0 bridgehead atoms. The number of benzene rings is 1. The molecular weight excluding hydrogens is 312 g/mol. The molecule has 134 valence electrons. The summed E-state index contributed by atoms with van der Waals surface area (Å²) in [6.07, 6.45) is 6.43. The van der Waals surface area contributed by atoms with Gasteiger partial charge >= 0.3 is 0 Å². The van der Waals surface area contributed by atoms with E-state index in [2.05, 4.69) is 68.8 Å². The van der Waals surface area contributed by atoms with E-state index in [1.165, 1.54) is 18.5 Å². The van der Waals surface area contributed by atoms with Crippen LogP contribution >= 0.6 is 0 Å². The summed E-state index contributed by atoms with van der Waals surface area (Å²) >= 11 is 0. The van der Waals surface area contributed by atoms with Crippen molar-refractivity contribution in [2.24, 2.45) is 5.92 Å². The fourth-order valence-corrected chi connectivity index (χ4v) is 2.99. The Labute approximate surface area is 150 Å². The summed E-state index contributed by atoms with van der Waals surface area (Å²) < 4.78 is 0. The monoisotopic (exact) mass is 340 g/mol. The predicted molar refractivity (Wildman–Crippen MR) is 104 cm³/mol. The summed E-state index contributed by atoms with van der Waals surface area (Å²) in [6, 6.07) is 8.54. The molecule has 3 rings (SSSR count). The van der Waals surface area contributed by atoms with E-state index in [1.54, 1.807) is 6.20 Å². The molecule has 1 aliphatic rings. The fraction of sp³-hybridized carbons (Fsp3) is 0.526. The Kier molecular flexibility index (Phi) is 6.04.